The Bertz CT molecular complexity index is 308. The van der Waals surface area contributed by atoms with Crippen molar-refractivity contribution in [3.63, 3.8) is 0 Å². The molecule has 1 N–H and O–H groups in total. The highest BCUT2D eigenvalue weighted by Gasteiger charge is 1.98. The summed E-state index contributed by atoms with van der Waals surface area (Å²) >= 11 is 0. The summed E-state index contributed by atoms with van der Waals surface area (Å²) in [6.45, 7) is 5.59. The fraction of sp³-hybridized carbons (Fsp3) is 0.417. The molecular formula is C12H16N2. The van der Waals surface area contributed by atoms with Gasteiger partial charge in [-0.25, -0.2) is 0 Å². The smallest absolute Gasteiger partial charge is 0.0666 e. The van der Waals surface area contributed by atoms with Gasteiger partial charge in [0.15, 0.2) is 0 Å². The topological polar surface area (TPSA) is 35.8 Å². The quantitative estimate of drug-likeness (QED) is 0.786. The lowest BCUT2D eigenvalue weighted by Crippen LogP contribution is -2.19. The number of rotatable bonds is 4. The standard InChI is InChI=1S/C12H16N2/c1-10-3-5-12(6-4-10)9-14-8-11(2)7-13/h3-6,11,14H,8-9H2,1-2H3. The minimum atomic E-state index is 0.0837. The number of nitriles is 1. The van der Waals surface area contributed by atoms with Gasteiger partial charge in [-0.1, -0.05) is 29.8 Å². The van der Waals surface area contributed by atoms with Crippen LogP contribution >= 0.6 is 0 Å². The van der Waals surface area contributed by atoms with Gasteiger partial charge in [-0.2, -0.15) is 5.26 Å². The maximum absolute atomic E-state index is 8.58. The van der Waals surface area contributed by atoms with Crippen LogP contribution in [0.3, 0.4) is 0 Å². The molecule has 0 radical (unpaired) electrons. The van der Waals surface area contributed by atoms with Gasteiger partial charge in [-0.15, -0.1) is 0 Å². The summed E-state index contributed by atoms with van der Waals surface area (Å²) in [5, 5.41) is 11.8. The molecule has 1 atom stereocenters. The zero-order chi connectivity index (χ0) is 10.4. The van der Waals surface area contributed by atoms with Crippen LogP contribution in [0.5, 0.6) is 0 Å². The Kier molecular flexibility index (Phi) is 4.15. The third kappa shape index (κ3) is 3.59. The van der Waals surface area contributed by atoms with Gasteiger partial charge in [-0.3, -0.25) is 0 Å². The largest absolute Gasteiger partial charge is 0.311 e. The van der Waals surface area contributed by atoms with Crippen molar-refractivity contribution in [2.45, 2.75) is 20.4 Å². The van der Waals surface area contributed by atoms with Crippen LogP contribution in [-0.2, 0) is 6.54 Å². The number of nitrogens with one attached hydrogen (secondary N) is 1. The molecule has 14 heavy (non-hydrogen) atoms. The number of hydrogen-bond acceptors (Lipinski definition) is 2. The summed E-state index contributed by atoms with van der Waals surface area (Å²) in [5.41, 5.74) is 2.54. The van der Waals surface area contributed by atoms with Gasteiger partial charge in [0.1, 0.15) is 0 Å². The maximum Gasteiger partial charge on any atom is 0.0666 e. The molecule has 0 amide bonds. The molecule has 2 heteroatoms. The van der Waals surface area contributed by atoms with Crippen molar-refractivity contribution in [1.29, 1.82) is 5.26 Å². The van der Waals surface area contributed by atoms with Crippen molar-refractivity contribution in [1.82, 2.24) is 5.32 Å². The number of aryl methyl sites for hydroxylation is 1. The van der Waals surface area contributed by atoms with Crippen molar-refractivity contribution in [2.24, 2.45) is 5.92 Å². The van der Waals surface area contributed by atoms with Crippen LogP contribution in [0.25, 0.3) is 0 Å². The van der Waals surface area contributed by atoms with Crippen LogP contribution in [0.2, 0.25) is 0 Å². The molecule has 0 saturated carbocycles. The minimum Gasteiger partial charge on any atom is -0.311 e. The van der Waals surface area contributed by atoms with E-state index in [0.29, 0.717) is 0 Å². The number of nitrogens with zero attached hydrogens (tertiary/aromatic N) is 1. The summed E-state index contributed by atoms with van der Waals surface area (Å²) < 4.78 is 0. The molecule has 1 unspecified atom stereocenters. The summed E-state index contributed by atoms with van der Waals surface area (Å²) in [7, 11) is 0. The van der Waals surface area contributed by atoms with Gasteiger partial charge in [-0.05, 0) is 19.4 Å². The molecule has 0 heterocycles. The van der Waals surface area contributed by atoms with E-state index < -0.39 is 0 Å². The third-order valence-corrected chi connectivity index (χ3v) is 2.12. The van der Waals surface area contributed by atoms with E-state index in [1.165, 1.54) is 11.1 Å². The molecule has 0 saturated heterocycles. The maximum atomic E-state index is 8.58. The van der Waals surface area contributed by atoms with Crippen LogP contribution in [0.4, 0.5) is 0 Å². The zero-order valence-corrected chi connectivity index (χ0v) is 8.75. The first-order valence-corrected chi connectivity index (χ1v) is 4.88. The zero-order valence-electron chi connectivity index (χ0n) is 8.75. The van der Waals surface area contributed by atoms with Gasteiger partial charge >= 0.3 is 0 Å². The van der Waals surface area contributed by atoms with Gasteiger partial charge in [0.2, 0.25) is 0 Å². The summed E-state index contributed by atoms with van der Waals surface area (Å²) in [5.74, 6) is 0.0837. The van der Waals surface area contributed by atoms with E-state index in [9.17, 15) is 0 Å². The molecule has 1 rings (SSSR count). The monoisotopic (exact) mass is 188 g/mol. The molecule has 0 spiro atoms. The lowest BCUT2D eigenvalue weighted by molar-refractivity contribution is 0.601. The number of benzene rings is 1. The lowest BCUT2D eigenvalue weighted by Gasteiger charge is -2.05. The van der Waals surface area contributed by atoms with E-state index in [4.69, 9.17) is 5.26 Å². The van der Waals surface area contributed by atoms with Crippen LogP contribution < -0.4 is 5.32 Å². The molecule has 0 bridgehead atoms. The highest BCUT2D eigenvalue weighted by atomic mass is 14.8. The van der Waals surface area contributed by atoms with Gasteiger partial charge in [0, 0.05) is 13.1 Å². The first-order chi connectivity index (χ1) is 6.72. The Morgan fingerprint density at radius 1 is 1.36 bits per heavy atom. The fourth-order valence-corrected chi connectivity index (χ4v) is 1.18. The highest BCUT2D eigenvalue weighted by Crippen LogP contribution is 2.02. The molecule has 1 aromatic rings. The number of hydrogen-bond donors (Lipinski definition) is 1. The van der Waals surface area contributed by atoms with Gasteiger partial charge in [0.05, 0.1) is 12.0 Å². The average Bonchev–Trinajstić information content (AvgIpc) is 2.21. The Morgan fingerprint density at radius 2 is 2.00 bits per heavy atom. The molecule has 74 valence electrons. The van der Waals surface area contributed by atoms with E-state index >= 15 is 0 Å². The van der Waals surface area contributed by atoms with Crippen molar-refractivity contribution in [3.8, 4) is 6.07 Å². The molecule has 1 aromatic carbocycles. The highest BCUT2D eigenvalue weighted by molar-refractivity contribution is 5.21. The normalized spacial score (nSPS) is 12.1. The second-order valence-corrected chi connectivity index (χ2v) is 3.65. The third-order valence-electron chi connectivity index (χ3n) is 2.12. The Balaban J connectivity index is 2.32. The molecular weight excluding hydrogens is 172 g/mol. The summed E-state index contributed by atoms with van der Waals surface area (Å²) in [6, 6.07) is 10.6. The van der Waals surface area contributed by atoms with Crippen molar-refractivity contribution in [2.75, 3.05) is 6.54 Å². The van der Waals surface area contributed by atoms with E-state index in [1.807, 2.05) is 6.92 Å². The van der Waals surface area contributed by atoms with Crippen molar-refractivity contribution < 1.29 is 0 Å². The second kappa shape index (κ2) is 5.41. The minimum absolute atomic E-state index is 0.0837. The predicted molar refractivity (Wildman–Crippen MR) is 57.7 cm³/mol. The van der Waals surface area contributed by atoms with Crippen molar-refractivity contribution >= 4 is 0 Å². The van der Waals surface area contributed by atoms with Crippen LogP contribution in [-0.4, -0.2) is 6.54 Å². The molecule has 0 aliphatic heterocycles. The molecule has 0 aliphatic rings. The SMILES string of the molecule is Cc1ccc(CNCC(C)C#N)cc1. The fourth-order valence-electron chi connectivity index (χ4n) is 1.18. The Hall–Kier alpha value is -1.33. The van der Waals surface area contributed by atoms with Crippen molar-refractivity contribution in [3.05, 3.63) is 35.4 Å². The van der Waals surface area contributed by atoms with Crippen LogP contribution in [0.1, 0.15) is 18.1 Å². The second-order valence-electron chi connectivity index (χ2n) is 3.65. The average molecular weight is 188 g/mol. The molecule has 0 aromatic heterocycles. The Morgan fingerprint density at radius 3 is 2.57 bits per heavy atom. The van der Waals surface area contributed by atoms with E-state index in [0.717, 1.165) is 13.1 Å². The summed E-state index contributed by atoms with van der Waals surface area (Å²) in [4.78, 5) is 0. The Labute approximate surface area is 85.6 Å². The van der Waals surface area contributed by atoms with E-state index in [-0.39, 0.29) is 5.92 Å². The summed E-state index contributed by atoms with van der Waals surface area (Å²) in [6.07, 6.45) is 0. The molecule has 2 nitrogen and oxygen atoms in total. The lowest BCUT2D eigenvalue weighted by atomic mass is 10.1. The van der Waals surface area contributed by atoms with Gasteiger partial charge in [0.25, 0.3) is 0 Å². The van der Waals surface area contributed by atoms with Crippen LogP contribution in [0, 0.1) is 24.2 Å². The van der Waals surface area contributed by atoms with E-state index in [1.54, 1.807) is 0 Å². The van der Waals surface area contributed by atoms with Gasteiger partial charge < -0.3 is 5.32 Å². The first-order valence-electron chi connectivity index (χ1n) is 4.88. The van der Waals surface area contributed by atoms with E-state index in [2.05, 4.69) is 42.6 Å². The first kappa shape index (κ1) is 10.7. The predicted octanol–water partition coefficient (Wildman–Crippen LogP) is 2.24. The molecule has 0 fully saturated rings. The molecule has 0 aliphatic carbocycles. The van der Waals surface area contributed by atoms with Crippen LogP contribution in [0.15, 0.2) is 24.3 Å².